The predicted octanol–water partition coefficient (Wildman–Crippen LogP) is -1.63. The Morgan fingerprint density at radius 3 is 2.39 bits per heavy atom. The van der Waals surface area contributed by atoms with Crippen molar-refractivity contribution < 1.29 is 66.8 Å². The number of aliphatic hydroxyl groups is 1. The monoisotopic (exact) mass is 541 g/mol. The van der Waals surface area contributed by atoms with E-state index < -0.39 is 45.6 Å². The molecule has 0 aromatic carbocycles. The Labute approximate surface area is 236 Å². The molecule has 11 nitrogen and oxygen atoms in total. The van der Waals surface area contributed by atoms with Gasteiger partial charge in [-0.15, -0.1) is 0 Å². The van der Waals surface area contributed by atoms with E-state index in [1.165, 1.54) is 32.1 Å². The quantitative estimate of drug-likeness (QED) is 0.122. The van der Waals surface area contributed by atoms with Crippen LogP contribution in [0.25, 0.3) is 0 Å². The third-order valence-electron chi connectivity index (χ3n) is 6.70. The van der Waals surface area contributed by atoms with Crippen molar-refractivity contribution in [3.8, 4) is 0 Å². The van der Waals surface area contributed by atoms with E-state index in [2.05, 4.69) is 16.0 Å². The molecule has 36 heavy (non-hydrogen) atoms. The van der Waals surface area contributed by atoms with E-state index in [0.29, 0.717) is 18.9 Å². The van der Waals surface area contributed by atoms with Crippen LogP contribution in [0.4, 0.5) is 4.79 Å². The zero-order chi connectivity index (χ0) is 26.0. The van der Waals surface area contributed by atoms with Crippen LogP contribution in [0.2, 0.25) is 0 Å². The number of carbonyl (C=O) groups excluding carboxylic acids is 3. The third kappa shape index (κ3) is 11.6. The molecule has 2 rings (SSSR count). The molecule has 0 radical (unpaired) electrons. The van der Waals surface area contributed by atoms with E-state index in [-0.39, 0.29) is 60.8 Å². The second kappa shape index (κ2) is 16.1. The molecule has 1 aliphatic heterocycles. The van der Waals surface area contributed by atoms with Crippen LogP contribution >= 0.6 is 0 Å². The van der Waals surface area contributed by atoms with Crippen LogP contribution in [0.1, 0.15) is 78.1 Å². The normalized spacial score (nSPS) is 21.1. The van der Waals surface area contributed by atoms with Crippen LogP contribution in [0.5, 0.6) is 0 Å². The van der Waals surface area contributed by atoms with Gasteiger partial charge in [0.2, 0.25) is 11.8 Å². The van der Waals surface area contributed by atoms with Crippen molar-refractivity contribution in [3.63, 3.8) is 0 Å². The van der Waals surface area contributed by atoms with Crippen molar-refractivity contribution in [1.29, 1.82) is 0 Å². The van der Waals surface area contributed by atoms with Crippen molar-refractivity contribution in [2.45, 2.75) is 95.6 Å². The van der Waals surface area contributed by atoms with Crippen LogP contribution in [-0.4, -0.2) is 66.7 Å². The maximum Gasteiger partial charge on any atom is 1.00 e. The summed E-state index contributed by atoms with van der Waals surface area (Å²) in [5.74, 6) is -1.10. The van der Waals surface area contributed by atoms with Crippen molar-refractivity contribution in [2.75, 3.05) is 13.2 Å². The molecule has 0 bridgehead atoms. The summed E-state index contributed by atoms with van der Waals surface area (Å²) < 4.78 is 39.6. The summed E-state index contributed by atoms with van der Waals surface area (Å²) in [5, 5.41) is 17.6. The van der Waals surface area contributed by atoms with Crippen molar-refractivity contribution in [2.24, 2.45) is 17.8 Å². The molecule has 0 spiro atoms. The zero-order valence-electron chi connectivity index (χ0n) is 21.7. The molecule has 3 amide bonds. The maximum absolute atomic E-state index is 13.0. The van der Waals surface area contributed by atoms with Gasteiger partial charge in [0.25, 0.3) is 0 Å². The number of ether oxygens (including phenoxy) is 1. The number of hydrogen-bond acceptors (Lipinski definition) is 8. The van der Waals surface area contributed by atoms with Crippen molar-refractivity contribution in [3.05, 3.63) is 0 Å². The maximum atomic E-state index is 13.0. The van der Waals surface area contributed by atoms with Crippen molar-refractivity contribution >= 4 is 28.0 Å². The number of amides is 3. The fourth-order valence-corrected chi connectivity index (χ4v) is 5.39. The molecule has 13 heteroatoms. The summed E-state index contributed by atoms with van der Waals surface area (Å²) in [6.45, 7) is 4.29. The van der Waals surface area contributed by atoms with Gasteiger partial charge < -0.3 is 30.3 Å². The second-order valence-corrected chi connectivity index (χ2v) is 11.6. The SMILES string of the molecule is CC(C)C[C@H](NC(=O)OCCCC1CCCCC1)C(=O)N[C@@H](C[C@@H]1CCNC1=O)C(O)S(=O)(=O)[O-].[Na+]. The molecule has 4 N–H and O–H groups in total. The van der Waals surface area contributed by atoms with Crippen LogP contribution in [0, 0.1) is 17.8 Å². The summed E-state index contributed by atoms with van der Waals surface area (Å²) in [5.41, 5.74) is -2.42. The molecule has 1 saturated heterocycles. The minimum absolute atomic E-state index is 0. The molecule has 1 aliphatic carbocycles. The number of alkyl carbamates (subject to hydrolysis) is 1. The average Bonchev–Trinajstić information content (AvgIpc) is 3.19. The average molecular weight is 542 g/mol. The summed E-state index contributed by atoms with van der Waals surface area (Å²) in [7, 11) is -5.16. The first-order chi connectivity index (χ1) is 16.5. The number of rotatable bonds is 13. The minimum atomic E-state index is -5.16. The molecule has 1 saturated carbocycles. The molecule has 202 valence electrons. The van der Waals surface area contributed by atoms with Gasteiger partial charge in [0, 0.05) is 12.5 Å². The van der Waals surface area contributed by atoms with Crippen molar-refractivity contribution in [1.82, 2.24) is 16.0 Å². The molecule has 2 aliphatic rings. The first-order valence-electron chi connectivity index (χ1n) is 12.6. The van der Waals surface area contributed by atoms with Gasteiger partial charge in [-0.3, -0.25) is 9.59 Å². The topological polar surface area (TPSA) is 174 Å². The van der Waals surface area contributed by atoms with Crippen LogP contribution in [0.15, 0.2) is 0 Å². The summed E-state index contributed by atoms with van der Waals surface area (Å²) in [6, 6.07) is -2.57. The molecule has 0 aromatic rings. The van der Waals surface area contributed by atoms with Gasteiger partial charge in [-0.2, -0.15) is 0 Å². The van der Waals surface area contributed by atoms with Crippen LogP contribution < -0.4 is 45.5 Å². The van der Waals surface area contributed by atoms with Gasteiger partial charge >= 0.3 is 35.7 Å². The van der Waals surface area contributed by atoms with E-state index in [4.69, 9.17) is 4.74 Å². The van der Waals surface area contributed by atoms with Gasteiger partial charge in [-0.1, -0.05) is 46.0 Å². The Hall–Kier alpha value is -0.920. The predicted molar refractivity (Wildman–Crippen MR) is 127 cm³/mol. The molecule has 0 aromatic heterocycles. The van der Waals surface area contributed by atoms with Crippen LogP contribution in [0.3, 0.4) is 0 Å². The zero-order valence-corrected chi connectivity index (χ0v) is 24.5. The molecule has 1 heterocycles. The third-order valence-corrected chi connectivity index (χ3v) is 7.62. The summed E-state index contributed by atoms with van der Waals surface area (Å²) in [6.07, 6.45) is 7.52. The molecule has 2 fully saturated rings. The summed E-state index contributed by atoms with van der Waals surface area (Å²) >= 11 is 0. The fraction of sp³-hybridized carbons (Fsp3) is 0.870. The Bertz CT molecular complexity index is 820. The van der Waals surface area contributed by atoms with Gasteiger partial charge in [-0.05, 0) is 43.9 Å². The Kier molecular flexibility index (Phi) is 14.8. The van der Waals surface area contributed by atoms with E-state index >= 15 is 0 Å². The Morgan fingerprint density at radius 1 is 1.17 bits per heavy atom. The molecule has 4 atom stereocenters. The minimum Gasteiger partial charge on any atom is -0.746 e. The van der Waals surface area contributed by atoms with E-state index in [0.717, 1.165) is 12.8 Å². The largest absolute Gasteiger partial charge is 1.00 e. The van der Waals surface area contributed by atoms with Gasteiger partial charge in [0.05, 0.1) is 12.6 Å². The van der Waals surface area contributed by atoms with Gasteiger partial charge in [0.15, 0.2) is 5.44 Å². The van der Waals surface area contributed by atoms with Crippen LogP contribution in [-0.2, 0) is 24.4 Å². The van der Waals surface area contributed by atoms with Gasteiger partial charge in [0.1, 0.15) is 16.2 Å². The summed E-state index contributed by atoms with van der Waals surface area (Å²) in [4.78, 5) is 37.2. The van der Waals surface area contributed by atoms with E-state index in [1.54, 1.807) is 0 Å². The van der Waals surface area contributed by atoms with E-state index in [1.807, 2.05) is 13.8 Å². The Morgan fingerprint density at radius 2 is 1.83 bits per heavy atom. The Balaban J connectivity index is 0.00000648. The number of nitrogens with one attached hydrogen (secondary N) is 3. The number of hydrogen-bond donors (Lipinski definition) is 4. The van der Waals surface area contributed by atoms with Gasteiger partial charge in [-0.25, -0.2) is 13.2 Å². The fourth-order valence-electron chi connectivity index (χ4n) is 4.81. The second-order valence-electron chi connectivity index (χ2n) is 10.1. The number of carbonyl (C=O) groups is 3. The molecule has 1 unspecified atom stereocenters. The first-order valence-corrected chi connectivity index (χ1v) is 14.1. The standard InChI is InChI=1S/C23H41N3O8S.Na/c1-15(2)13-18(26-23(30)34-12-6-9-16-7-4-3-5-8-16)21(28)25-19(22(29)35(31,32)33)14-17-10-11-24-20(17)27;/h15-19,22,29H,3-14H2,1-2H3,(H,24,27)(H,25,28)(H,26,30)(H,31,32,33);/q;+1/p-1/t17-,18-,19-,22?;/m0./s1. The first kappa shape index (κ1) is 33.1. The number of aliphatic hydroxyl groups excluding tert-OH is 1. The van der Waals surface area contributed by atoms with E-state index in [9.17, 15) is 32.5 Å². The molecular weight excluding hydrogens is 501 g/mol. The smallest absolute Gasteiger partial charge is 0.746 e. The molecular formula is C23H40N3NaO8S.